The second kappa shape index (κ2) is 16.2. The van der Waals surface area contributed by atoms with Crippen molar-refractivity contribution >= 4 is 27.9 Å². The quantitative estimate of drug-likeness (QED) is 0.0721. The normalized spacial score (nSPS) is 12.1. The number of hydrogen-bond acceptors (Lipinski definition) is 7. The Morgan fingerprint density at radius 1 is 0.673 bits per heavy atom. The van der Waals surface area contributed by atoms with E-state index in [4.69, 9.17) is 27.8 Å². The first kappa shape index (κ1) is 39.4. The number of rotatable bonds is 16. The van der Waals surface area contributed by atoms with Crippen molar-refractivity contribution in [2.75, 3.05) is 13.2 Å². The molecule has 2 heterocycles. The summed E-state index contributed by atoms with van der Waals surface area (Å²) in [6.07, 6.45) is 1.77. The van der Waals surface area contributed by atoms with Crippen LogP contribution in [-0.4, -0.2) is 36.5 Å². The van der Waals surface area contributed by atoms with Gasteiger partial charge in [0, 0.05) is 46.0 Å². The zero-order valence-corrected chi connectivity index (χ0v) is 33.8. The smallest absolute Gasteiger partial charge is 0.333 e. The van der Waals surface area contributed by atoms with Gasteiger partial charge in [-0.2, -0.15) is 0 Å². The fourth-order valence-electron chi connectivity index (χ4n) is 7.37. The van der Waals surface area contributed by atoms with Crippen LogP contribution in [0.3, 0.4) is 0 Å². The highest BCUT2D eigenvalue weighted by atomic mass is 16.6. The second-order valence-electron chi connectivity index (χ2n) is 15.9. The van der Waals surface area contributed by atoms with Crippen LogP contribution in [0.15, 0.2) is 106 Å². The number of hydrogen-bond donors (Lipinski definition) is 0. The highest BCUT2D eigenvalue weighted by Gasteiger charge is 2.35. The molecule has 7 nitrogen and oxygen atoms in total. The van der Waals surface area contributed by atoms with Crippen molar-refractivity contribution in [1.82, 2.24) is 0 Å². The van der Waals surface area contributed by atoms with Gasteiger partial charge >= 0.3 is 5.97 Å². The predicted octanol–water partition coefficient (Wildman–Crippen LogP) is 12.2. The molecule has 0 aliphatic carbocycles. The minimum atomic E-state index is -0.806. The maximum absolute atomic E-state index is 12.4. The van der Waals surface area contributed by atoms with Gasteiger partial charge in [0.2, 0.25) is 0 Å². The fraction of sp³-hybridized carbons (Fsp3) is 0.354. The lowest BCUT2D eigenvalue weighted by Gasteiger charge is -2.37. The molecule has 4 aromatic carbocycles. The van der Waals surface area contributed by atoms with Gasteiger partial charge in [-0.25, -0.2) is 4.79 Å². The van der Waals surface area contributed by atoms with Crippen LogP contribution < -0.4 is 9.47 Å². The summed E-state index contributed by atoms with van der Waals surface area (Å²) >= 11 is 0. The molecule has 288 valence electrons. The number of aryl methyl sites for hydroxylation is 4. The van der Waals surface area contributed by atoms with Gasteiger partial charge in [0.1, 0.15) is 59.1 Å². The molecule has 0 unspecified atom stereocenters. The number of furan rings is 2. The van der Waals surface area contributed by atoms with E-state index in [2.05, 4.69) is 82.8 Å². The standard InChI is InChI=1S/C48H54O7/c1-11-33-21-31(5)13-19-40(33)44-23-35-15-17-37(25-42(35)52-44)50-27-39(54-47(7,8)29-48(9,10)55-46(49)30(3)4)28-51-38-18-16-36-24-45(53-43(36)26-38)41-20-14-32(6)22-34(41)12-2/h13-26,39H,3,11-12,27-29H2,1-2,4-10H3. The van der Waals surface area contributed by atoms with Crippen LogP contribution in [-0.2, 0) is 27.1 Å². The van der Waals surface area contributed by atoms with Gasteiger partial charge < -0.3 is 27.8 Å². The number of carbonyl (C=O) groups excluding carboxylic acids is 1. The van der Waals surface area contributed by atoms with Crippen LogP contribution in [0.2, 0.25) is 0 Å². The monoisotopic (exact) mass is 742 g/mol. The third-order valence-corrected chi connectivity index (χ3v) is 9.72. The predicted molar refractivity (Wildman–Crippen MR) is 221 cm³/mol. The molecule has 0 spiro atoms. The first-order chi connectivity index (χ1) is 26.1. The van der Waals surface area contributed by atoms with Gasteiger partial charge in [-0.3, -0.25) is 0 Å². The SMILES string of the molecule is C=C(C)C(=O)OC(C)(C)CC(C)(C)OC(COc1ccc2cc(-c3ccc(C)cc3CC)oc2c1)COc1ccc2cc(-c3ccc(C)cc3CC)oc2c1. The molecule has 0 radical (unpaired) electrons. The van der Waals surface area contributed by atoms with Gasteiger partial charge in [-0.05, 0) is 109 Å². The first-order valence-electron chi connectivity index (χ1n) is 19.2. The Kier molecular flexibility index (Phi) is 11.6. The fourth-order valence-corrected chi connectivity index (χ4v) is 7.37. The highest BCUT2D eigenvalue weighted by Crippen LogP contribution is 2.35. The topological polar surface area (TPSA) is 80.3 Å². The van der Waals surface area contributed by atoms with Crippen molar-refractivity contribution in [2.45, 2.75) is 98.9 Å². The van der Waals surface area contributed by atoms with Crippen LogP contribution in [0.25, 0.3) is 44.6 Å². The van der Waals surface area contributed by atoms with E-state index >= 15 is 0 Å². The summed E-state index contributed by atoms with van der Waals surface area (Å²) < 4.78 is 38.0. The van der Waals surface area contributed by atoms with E-state index in [0.29, 0.717) is 23.5 Å². The average Bonchev–Trinajstić information content (AvgIpc) is 3.75. The van der Waals surface area contributed by atoms with Crippen molar-refractivity contribution in [3.05, 3.63) is 119 Å². The molecular formula is C48H54O7. The van der Waals surface area contributed by atoms with E-state index in [-0.39, 0.29) is 13.2 Å². The van der Waals surface area contributed by atoms with E-state index in [1.54, 1.807) is 6.92 Å². The molecule has 0 saturated heterocycles. The Balaban J connectivity index is 1.21. The zero-order chi connectivity index (χ0) is 39.5. The molecule has 2 aromatic heterocycles. The Bertz CT molecular complexity index is 2180. The van der Waals surface area contributed by atoms with Crippen molar-refractivity contribution in [1.29, 1.82) is 0 Å². The largest absolute Gasteiger partial charge is 0.491 e. The minimum absolute atomic E-state index is 0.201. The Morgan fingerprint density at radius 2 is 1.15 bits per heavy atom. The van der Waals surface area contributed by atoms with Gasteiger partial charge in [-0.1, -0.05) is 68.0 Å². The first-order valence-corrected chi connectivity index (χ1v) is 19.2. The van der Waals surface area contributed by atoms with Crippen molar-refractivity contribution in [3.63, 3.8) is 0 Å². The molecule has 0 saturated carbocycles. The third kappa shape index (κ3) is 9.70. The maximum atomic E-state index is 12.4. The van der Waals surface area contributed by atoms with Crippen molar-refractivity contribution < 1.29 is 32.6 Å². The molecule has 6 rings (SSSR count). The van der Waals surface area contributed by atoms with Gasteiger partial charge in [-0.15, -0.1) is 0 Å². The lowest BCUT2D eigenvalue weighted by Crippen LogP contribution is -2.43. The van der Waals surface area contributed by atoms with Crippen LogP contribution in [0.5, 0.6) is 11.5 Å². The zero-order valence-electron chi connectivity index (χ0n) is 33.8. The summed E-state index contributed by atoms with van der Waals surface area (Å²) in [5.41, 5.74) is 7.47. The number of esters is 1. The van der Waals surface area contributed by atoms with Crippen LogP contribution >= 0.6 is 0 Å². The molecule has 0 fully saturated rings. The van der Waals surface area contributed by atoms with Gasteiger partial charge in [0.15, 0.2) is 0 Å². The van der Waals surface area contributed by atoms with Crippen molar-refractivity contribution in [2.24, 2.45) is 0 Å². The molecule has 0 atom stereocenters. The van der Waals surface area contributed by atoms with E-state index in [9.17, 15) is 4.79 Å². The summed E-state index contributed by atoms with van der Waals surface area (Å²) in [7, 11) is 0. The highest BCUT2D eigenvalue weighted by molar-refractivity contribution is 5.87. The molecule has 7 heteroatoms. The molecule has 0 bridgehead atoms. The molecule has 0 N–H and O–H groups in total. The molecule has 0 amide bonds. The van der Waals surface area contributed by atoms with E-state index < -0.39 is 23.3 Å². The summed E-state index contributed by atoms with van der Waals surface area (Å²) in [6, 6.07) is 28.8. The Labute approximate surface area is 325 Å². The molecule has 55 heavy (non-hydrogen) atoms. The molecular weight excluding hydrogens is 689 g/mol. The van der Waals surface area contributed by atoms with Gasteiger partial charge in [0.05, 0.1) is 5.60 Å². The van der Waals surface area contributed by atoms with Gasteiger partial charge in [0.25, 0.3) is 0 Å². The number of carbonyl (C=O) groups is 1. The number of ether oxygens (including phenoxy) is 4. The molecule has 0 aliphatic rings. The summed E-state index contributed by atoms with van der Waals surface area (Å²) in [5, 5.41) is 2.00. The molecule has 6 aromatic rings. The Morgan fingerprint density at radius 3 is 1.58 bits per heavy atom. The van der Waals surface area contributed by atoms with Crippen LogP contribution in [0, 0.1) is 13.8 Å². The van der Waals surface area contributed by atoms with Crippen LogP contribution in [0.4, 0.5) is 0 Å². The Hall–Kier alpha value is -5.27. The third-order valence-electron chi connectivity index (χ3n) is 9.72. The minimum Gasteiger partial charge on any atom is -0.491 e. The average molecular weight is 743 g/mol. The van der Waals surface area contributed by atoms with Crippen LogP contribution in [0.1, 0.15) is 77.1 Å². The number of fused-ring (bicyclic) bond motifs is 2. The maximum Gasteiger partial charge on any atom is 0.333 e. The number of benzene rings is 4. The lowest BCUT2D eigenvalue weighted by atomic mass is 9.91. The van der Waals surface area contributed by atoms with E-state index in [1.165, 1.54) is 22.3 Å². The lowest BCUT2D eigenvalue weighted by molar-refractivity contribution is -0.164. The van der Waals surface area contributed by atoms with Crippen molar-refractivity contribution in [3.8, 4) is 34.1 Å². The van der Waals surface area contributed by atoms with E-state index in [1.807, 2.05) is 64.1 Å². The second-order valence-corrected chi connectivity index (χ2v) is 15.9. The summed E-state index contributed by atoms with van der Waals surface area (Å²) in [4.78, 5) is 12.4. The summed E-state index contributed by atoms with van der Waals surface area (Å²) in [6.45, 7) is 22.0. The summed E-state index contributed by atoms with van der Waals surface area (Å²) in [5.74, 6) is 2.55. The van der Waals surface area contributed by atoms with E-state index in [0.717, 1.165) is 57.4 Å². The molecule has 0 aliphatic heterocycles.